The van der Waals surface area contributed by atoms with E-state index in [0.717, 1.165) is 19.4 Å². The van der Waals surface area contributed by atoms with E-state index in [4.69, 9.17) is 0 Å². The van der Waals surface area contributed by atoms with E-state index in [1.807, 2.05) is 0 Å². The molecule has 1 rings (SSSR count). The molecule has 3 nitrogen and oxygen atoms in total. The first-order valence-corrected chi connectivity index (χ1v) is 3.78. The van der Waals surface area contributed by atoms with Gasteiger partial charge in [0.15, 0.2) is 0 Å². The zero-order chi connectivity index (χ0) is 8.10. The molecule has 1 aliphatic rings. The summed E-state index contributed by atoms with van der Waals surface area (Å²) in [5, 5.41) is 3.05. The summed E-state index contributed by atoms with van der Waals surface area (Å²) < 4.78 is 15.8. The van der Waals surface area contributed by atoms with Gasteiger partial charge in [-0.05, 0) is 19.4 Å². The lowest BCUT2D eigenvalue weighted by Gasteiger charge is -2.20. The summed E-state index contributed by atoms with van der Waals surface area (Å²) in [6.07, 6.45) is 1.78. The SMILES string of the molecule is O=C(OCF)C1CCCNC1. The van der Waals surface area contributed by atoms with Gasteiger partial charge in [-0.3, -0.25) is 4.79 Å². The van der Waals surface area contributed by atoms with Crippen molar-refractivity contribution in [3.63, 3.8) is 0 Å². The highest BCUT2D eigenvalue weighted by Gasteiger charge is 2.21. The van der Waals surface area contributed by atoms with Gasteiger partial charge >= 0.3 is 5.97 Å². The smallest absolute Gasteiger partial charge is 0.312 e. The van der Waals surface area contributed by atoms with Crippen LogP contribution in [0, 0.1) is 5.92 Å². The number of alkyl halides is 1. The van der Waals surface area contributed by atoms with Crippen molar-refractivity contribution in [3.05, 3.63) is 0 Å². The van der Waals surface area contributed by atoms with Crippen molar-refractivity contribution in [2.24, 2.45) is 5.92 Å². The Morgan fingerprint density at radius 1 is 1.73 bits per heavy atom. The molecular formula is C7H12FNO2. The average molecular weight is 161 g/mol. The molecule has 1 saturated heterocycles. The van der Waals surface area contributed by atoms with Crippen molar-refractivity contribution < 1.29 is 13.9 Å². The Morgan fingerprint density at radius 3 is 3.09 bits per heavy atom. The van der Waals surface area contributed by atoms with E-state index in [1.54, 1.807) is 0 Å². The molecule has 0 bridgehead atoms. The number of piperidine rings is 1. The van der Waals surface area contributed by atoms with Crippen LogP contribution < -0.4 is 5.32 Å². The largest absolute Gasteiger partial charge is 0.433 e. The van der Waals surface area contributed by atoms with Gasteiger partial charge < -0.3 is 10.1 Å². The van der Waals surface area contributed by atoms with Crippen molar-refractivity contribution in [3.8, 4) is 0 Å². The number of hydrogen-bond acceptors (Lipinski definition) is 3. The van der Waals surface area contributed by atoms with E-state index in [2.05, 4.69) is 10.1 Å². The van der Waals surface area contributed by atoms with Gasteiger partial charge in [0.05, 0.1) is 5.92 Å². The predicted octanol–water partition coefficient (Wildman–Crippen LogP) is 0.456. The van der Waals surface area contributed by atoms with Crippen LogP contribution in [0.1, 0.15) is 12.8 Å². The van der Waals surface area contributed by atoms with E-state index in [0.29, 0.717) is 6.54 Å². The number of carbonyl (C=O) groups excluding carboxylic acids is 1. The van der Waals surface area contributed by atoms with Gasteiger partial charge in [-0.2, -0.15) is 0 Å². The highest BCUT2D eigenvalue weighted by Crippen LogP contribution is 2.11. The summed E-state index contributed by atoms with van der Waals surface area (Å²) >= 11 is 0. The molecule has 1 N–H and O–H groups in total. The van der Waals surface area contributed by atoms with Gasteiger partial charge in [0, 0.05) is 6.54 Å². The first-order chi connectivity index (χ1) is 5.34. The fourth-order valence-corrected chi connectivity index (χ4v) is 1.22. The molecular weight excluding hydrogens is 149 g/mol. The maximum atomic E-state index is 11.5. The Morgan fingerprint density at radius 2 is 2.55 bits per heavy atom. The quantitative estimate of drug-likeness (QED) is 0.598. The molecule has 4 heteroatoms. The molecule has 0 aliphatic carbocycles. The zero-order valence-electron chi connectivity index (χ0n) is 6.31. The number of rotatable bonds is 2. The Labute approximate surface area is 64.9 Å². The molecule has 1 fully saturated rings. The number of esters is 1. The van der Waals surface area contributed by atoms with Crippen LogP contribution in [0.3, 0.4) is 0 Å². The molecule has 0 aromatic heterocycles. The number of nitrogens with one attached hydrogen (secondary N) is 1. The molecule has 0 saturated carbocycles. The molecule has 0 radical (unpaired) electrons. The maximum absolute atomic E-state index is 11.5. The lowest BCUT2D eigenvalue weighted by Crippen LogP contribution is -2.35. The topological polar surface area (TPSA) is 38.3 Å². The van der Waals surface area contributed by atoms with Crippen LogP contribution in [-0.2, 0) is 9.53 Å². The number of hydrogen-bond donors (Lipinski definition) is 1. The van der Waals surface area contributed by atoms with E-state index >= 15 is 0 Å². The monoisotopic (exact) mass is 161 g/mol. The van der Waals surface area contributed by atoms with Gasteiger partial charge in [0.2, 0.25) is 6.86 Å². The molecule has 64 valence electrons. The van der Waals surface area contributed by atoms with Crippen LogP contribution in [0.2, 0.25) is 0 Å². The van der Waals surface area contributed by atoms with Crippen molar-refractivity contribution in [1.82, 2.24) is 5.32 Å². The van der Waals surface area contributed by atoms with E-state index in [-0.39, 0.29) is 5.92 Å². The second-order valence-corrected chi connectivity index (χ2v) is 2.62. The van der Waals surface area contributed by atoms with Crippen LogP contribution in [0.5, 0.6) is 0 Å². The minimum atomic E-state index is -1.00. The van der Waals surface area contributed by atoms with Gasteiger partial charge in [-0.15, -0.1) is 0 Å². The maximum Gasteiger partial charge on any atom is 0.312 e. The Hall–Kier alpha value is -0.640. The lowest BCUT2D eigenvalue weighted by atomic mass is 10.0. The standard InChI is InChI=1S/C7H12FNO2/c8-5-11-7(10)6-2-1-3-9-4-6/h6,9H,1-5H2. The molecule has 1 heterocycles. The fraction of sp³-hybridized carbons (Fsp3) is 0.857. The Kier molecular flexibility index (Phi) is 3.29. The number of carbonyl (C=O) groups is 1. The Balaban J connectivity index is 2.27. The van der Waals surface area contributed by atoms with Crippen LogP contribution >= 0.6 is 0 Å². The average Bonchev–Trinajstić information content (AvgIpc) is 2.07. The van der Waals surface area contributed by atoms with Gasteiger partial charge in [0.25, 0.3) is 0 Å². The van der Waals surface area contributed by atoms with Gasteiger partial charge in [-0.1, -0.05) is 0 Å². The Bertz CT molecular complexity index is 134. The summed E-state index contributed by atoms with van der Waals surface area (Å²) in [5.74, 6) is -0.556. The van der Waals surface area contributed by atoms with Crippen LogP contribution in [0.15, 0.2) is 0 Å². The molecule has 1 atom stereocenters. The van der Waals surface area contributed by atoms with E-state index in [1.165, 1.54) is 0 Å². The molecule has 0 aromatic carbocycles. The third-order valence-corrected chi connectivity index (χ3v) is 1.83. The third kappa shape index (κ3) is 2.46. The zero-order valence-corrected chi connectivity index (χ0v) is 6.31. The molecule has 11 heavy (non-hydrogen) atoms. The fourth-order valence-electron chi connectivity index (χ4n) is 1.22. The summed E-state index contributed by atoms with van der Waals surface area (Å²) in [6.45, 7) is 0.563. The number of halogens is 1. The number of ether oxygens (including phenoxy) is 1. The lowest BCUT2D eigenvalue weighted by molar-refractivity contribution is -0.153. The van der Waals surface area contributed by atoms with E-state index in [9.17, 15) is 9.18 Å². The van der Waals surface area contributed by atoms with Crippen molar-refractivity contribution >= 4 is 5.97 Å². The van der Waals surface area contributed by atoms with Crippen molar-refractivity contribution in [1.29, 1.82) is 0 Å². The highest BCUT2D eigenvalue weighted by molar-refractivity contribution is 5.72. The molecule has 0 aromatic rings. The second kappa shape index (κ2) is 4.28. The van der Waals surface area contributed by atoms with Crippen LogP contribution in [0.25, 0.3) is 0 Å². The van der Waals surface area contributed by atoms with Crippen molar-refractivity contribution in [2.45, 2.75) is 12.8 Å². The minimum Gasteiger partial charge on any atom is -0.433 e. The third-order valence-electron chi connectivity index (χ3n) is 1.83. The van der Waals surface area contributed by atoms with Gasteiger partial charge in [-0.25, -0.2) is 4.39 Å². The molecule has 0 spiro atoms. The van der Waals surface area contributed by atoms with Crippen LogP contribution in [0.4, 0.5) is 4.39 Å². The van der Waals surface area contributed by atoms with Gasteiger partial charge in [0.1, 0.15) is 0 Å². The van der Waals surface area contributed by atoms with E-state index < -0.39 is 12.8 Å². The second-order valence-electron chi connectivity index (χ2n) is 2.62. The normalized spacial score (nSPS) is 24.6. The molecule has 1 aliphatic heterocycles. The summed E-state index contributed by atoms with van der Waals surface area (Å²) in [5.41, 5.74) is 0. The summed E-state index contributed by atoms with van der Waals surface area (Å²) in [4.78, 5) is 10.9. The minimum absolute atomic E-state index is 0.139. The summed E-state index contributed by atoms with van der Waals surface area (Å²) in [7, 11) is 0. The molecule has 0 amide bonds. The van der Waals surface area contributed by atoms with Crippen LogP contribution in [-0.4, -0.2) is 25.9 Å². The predicted molar refractivity (Wildman–Crippen MR) is 37.7 cm³/mol. The first kappa shape index (κ1) is 8.46. The molecule has 1 unspecified atom stereocenters. The highest BCUT2D eigenvalue weighted by atomic mass is 19.1. The van der Waals surface area contributed by atoms with Crippen molar-refractivity contribution in [2.75, 3.05) is 20.0 Å². The summed E-state index contributed by atoms with van der Waals surface area (Å²) in [6, 6.07) is 0. The first-order valence-electron chi connectivity index (χ1n) is 3.78.